The first-order valence-corrected chi connectivity index (χ1v) is 13.2. The number of ether oxygens (including phenoxy) is 2. The number of aryl methyl sites for hydroxylation is 1. The van der Waals surface area contributed by atoms with Crippen LogP contribution in [0.2, 0.25) is 0 Å². The molecule has 0 spiro atoms. The van der Waals surface area contributed by atoms with Crippen LogP contribution in [0.4, 0.5) is 5.00 Å². The Hall–Kier alpha value is -3.64. The minimum Gasteiger partial charge on any atom is -0.486 e. The van der Waals surface area contributed by atoms with Gasteiger partial charge in [0.25, 0.3) is 5.91 Å². The zero-order valence-corrected chi connectivity index (χ0v) is 22.7. The van der Waals surface area contributed by atoms with Crippen LogP contribution in [-0.4, -0.2) is 44.4 Å². The van der Waals surface area contributed by atoms with Crippen molar-refractivity contribution in [2.45, 2.75) is 52.1 Å². The van der Waals surface area contributed by atoms with Gasteiger partial charge in [-0.3, -0.25) is 14.2 Å². The van der Waals surface area contributed by atoms with E-state index in [1.807, 2.05) is 35.8 Å². The summed E-state index contributed by atoms with van der Waals surface area (Å²) in [5, 5.41) is 11.8. The van der Waals surface area contributed by atoms with Crippen molar-refractivity contribution in [1.29, 1.82) is 0 Å². The van der Waals surface area contributed by atoms with E-state index in [9.17, 15) is 14.4 Å². The molecule has 37 heavy (non-hydrogen) atoms. The van der Waals surface area contributed by atoms with Gasteiger partial charge >= 0.3 is 5.97 Å². The summed E-state index contributed by atoms with van der Waals surface area (Å²) in [6.45, 7) is 11.4. The van der Waals surface area contributed by atoms with E-state index in [0.29, 0.717) is 28.8 Å². The Balaban J connectivity index is 1.70. The van der Waals surface area contributed by atoms with Crippen LogP contribution in [0.15, 0.2) is 42.1 Å². The van der Waals surface area contributed by atoms with Gasteiger partial charge in [0.1, 0.15) is 17.4 Å². The summed E-state index contributed by atoms with van der Waals surface area (Å²) in [7, 11) is 0. The maximum absolute atomic E-state index is 12.8. The molecule has 0 aliphatic heterocycles. The lowest BCUT2D eigenvalue weighted by Gasteiger charge is -2.11. The van der Waals surface area contributed by atoms with Crippen LogP contribution >= 0.6 is 23.1 Å². The largest absolute Gasteiger partial charge is 0.486 e. The van der Waals surface area contributed by atoms with Gasteiger partial charge in [-0.2, -0.15) is 0 Å². The lowest BCUT2D eigenvalue weighted by molar-refractivity contribution is -0.113. The van der Waals surface area contributed by atoms with E-state index >= 15 is 0 Å². The zero-order valence-electron chi connectivity index (χ0n) is 21.1. The molecule has 3 aromatic rings. The first kappa shape index (κ1) is 27.9. The molecule has 0 radical (unpaired) electrons. The number of amides is 2. The lowest BCUT2D eigenvalue weighted by Crippen LogP contribution is -2.18. The van der Waals surface area contributed by atoms with Crippen LogP contribution in [-0.2, 0) is 22.7 Å². The Morgan fingerprint density at radius 3 is 2.54 bits per heavy atom. The number of allylic oxidation sites excluding steroid dienone is 1. The molecular formula is C25H29N5O5S2. The van der Waals surface area contributed by atoms with Crippen LogP contribution < -0.4 is 15.8 Å². The average Bonchev–Trinajstić information content (AvgIpc) is 3.37. The Morgan fingerprint density at radius 1 is 1.22 bits per heavy atom. The average molecular weight is 544 g/mol. The molecule has 0 fully saturated rings. The predicted octanol–water partition coefficient (Wildman–Crippen LogP) is 4.12. The second-order valence-corrected chi connectivity index (χ2v) is 10.3. The monoisotopic (exact) mass is 543 g/mol. The molecular weight excluding hydrogens is 514 g/mol. The molecule has 0 atom stereocenters. The van der Waals surface area contributed by atoms with Crippen molar-refractivity contribution < 1.29 is 23.9 Å². The Morgan fingerprint density at radius 2 is 1.92 bits per heavy atom. The number of thiophene rings is 1. The van der Waals surface area contributed by atoms with Gasteiger partial charge in [-0.1, -0.05) is 35.5 Å². The van der Waals surface area contributed by atoms with Gasteiger partial charge in [-0.25, -0.2) is 4.79 Å². The number of nitrogens with two attached hydrogens (primary N) is 1. The van der Waals surface area contributed by atoms with E-state index in [0.717, 1.165) is 16.9 Å². The fourth-order valence-electron chi connectivity index (χ4n) is 3.28. The molecule has 12 heteroatoms. The van der Waals surface area contributed by atoms with Gasteiger partial charge in [0, 0.05) is 6.54 Å². The molecule has 2 heterocycles. The molecule has 0 saturated carbocycles. The maximum Gasteiger partial charge on any atom is 0.341 e. The van der Waals surface area contributed by atoms with E-state index in [4.69, 9.17) is 15.2 Å². The van der Waals surface area contributed by atoms with Gasteiger partial charge in [0.2, 0.25) is 5.91 Å². The molecule has 2 aromatic heterocycles. The number of carbonyl (C=O) groups is 3. The lowest BCUT2D eigenvalue weighted by atomic mass is 10.1. The minimum absolute atomic E-state index is 0.0182. The number of nitrogens with zero attached hydrogens (tertiary/aromatic N) is 3. The van der Waals surface area contributed by atoms with E-state index in [1.165, 1.54) is 11.8 Å². The summed E-state index contributed by atoms with van der Waals surface area (Å²) < 4.78 is 12.9. The molecule has 0 aliphatic carbocycles. The standard InChI is InChI=1S/C25H29N5O5S2/c1-6-11-30-18(12-34-17-9-7-15(4)8-10-17)28-29-25(30)36-13-19(31)27-23-20(24(33)35-14(2)3)16(5)21(37-23)22(26)32/h6-10,14H,1,11-13H2,2-5H3,(H2,26,32)(H,27,31). The van der Waals surface area contributed by atoms with Gasteiger partial charge in [0.05, 0.1) is 22.3 Å². The molecule has 3 N–H and O–H groups in total. The third-order valence-electron chi connectivity index (χ3n) is 5.00. The second-order valence-electron chi connectivity index (χ2n) is 8.32. The topological polar surface area (TPSA) is 138 Å². The van der Waals surface area contributed by atoms with E-state index < -0.39 is 17.8 Å². The zero-order chi connectivity index (χ0) is 27.1. The second kappa shape index (κ2) is 12.5. The summed E-state index contributed by atoms with van der Waals surface area (Å²) in [4.78, 5) is 37.4. The van der Waals surface area contributed by atoms with Crippen LogP contribution in [0.25, 0.3) is 0 Å². The highest BCUT2D eigenvalue weighted by atomic mass is 32.2. The Labute approximate surface area is 223 Å². The van der Waals surface area contributed by atoms with Gasteiger partial charge in [0.15, 0.2) is 11.0 Å². The molecule has 0 unspecified atom stereocenters. The highest BCUT2D eigenvalue weighted by Gasteiger charge is 2.26. The van der Waals surface area contributed by atoms with Crippen molar-refractivity contribution >= 4 is 45.9 Å². The SMILES string of the molecule is C=CCn1c(COc2ccc(C)cc2)nnc1SCC(=O)Nc1sc(C(N)=O)c(C)c1C(=O)OC(C)C. The van der Waals surface area contributed by atoms with Gasteiger partial charge in [-0.05, 0) is 45.4 Å². The Bertz CT molecular complexity index is 1300. The smallest absolute Gasteiger partial charge is 0.341 e. The number of carbonyl (C=O) groups excluding carboxylic acids is 3. The highest BCUT2D eigenvalue weighted by Crippen LogP contribution is 2.34. The number of nitrogens with one attached hydrogen (secondary N) is 1. The van der Waals surface area contributed by atoms with Crippen molar-refractivity contribution in [3.05, 3.63) is 64.3 Å². The number of hydrogen-bond acceptors (Lipinski definition) is 9. The number of benzene rings is 1. The number of thioether (sulfide) groups is 1. The first-order chi connectivity index (χ1) is 17.6. The summed E-state index contributed by atoms with van der Waals surface area (Å²) in [6.07, 6.45) is 1.33. The van der Waals surface area contributed by atoms with Crippen molar-refractivity contribution in [1.82, 2.24) is 14.8 Å². The number of rotatable bonds is 12. The Kier molecular flexibility index (Phi) is 9.48. The quantitative estimate of drug-likeness (QED) is 0.198. The number of esters is 1. The van der Waals surface area contributed by atoms with E-state index in [2.05, 4.69) is 22.1 Å². The molecule has 0 aliphatic rings. The number of anilines is 1. The summed E-state index contributed by atoms with van der Waals surface area (Å²) in [5.41, 5.74) is 7.07. The van der Waals surface area contributed by atoms with Gasteiger partial charge in [-0.15, -0.1) is 28.1 Å². The predicted molar refractivity (Wildman–Crippen MR) is 143 cm³/mol. The van der Waals surface area contributed by atoms with Crippen molar-refractivity contribution in [3.8, 4) is 5.75 Å². The molecule has 1 aromatic carbocycles. The molecule has 196 valence electrons. The molecule has 3 rings (SSSR count). The third kappa shape index (κ3) is 7.20. The fraction of sp³-hybridized carbons (Fsp3) is 0.320. The third-order valence-corrected chi connectivity index (χ3v) is 7.19. The van der Waals surface area contributed by atoms with E-state index in [1.54, 1.807) is 26.8 Å². The van der Waals surface area contributed by atoms with Crippen LogP contribution in [0, 0.1) is 13.8 Å². The van der Waals surface area contributed by atoms with E-state index in [-0.39, 0.29) is 33.9 Å². The normalized spacial score (nSPS) is 10.8. The summed E-state index contributed by atoms with van der Waals surface area (Å²) in [5.74, 6) is -0.443. The molecule has 2 amide bonds. The van der Waals surface area contributed by atoms with Crippen LogP contribution in [0.1, 0.15) is 50.8 Å². The number of hydrogen-bond donors (Lipinski definition) is 2. The van der Waals surface area contributed by atoms with Crippen LogP contribution in [0.5, 0.6) is 5.75 Å². The molecule has 10 nitrogen and oxygen atoms in total. The van der Waals surface area contributed by atoms with Crippen molar-refractivity contribution in [2.24, 2.45) is 5.73 Å². The summed E-state index contributed by atoms with van der Waals surface area (Å²) >= 11 is 2.11. The van der Waals surface area contributed by atoms with Crippen LogP contribution in [0.3, 0.4) is 0 Å². The highest BCUT2D eigenvalue weighted by molar-refractivity contribution is 7.99. The first-order valence-electron chi connectivity index (χ1n) is 11.4. The summed E-state index contributed by atoms with van der Waals surface area (Å²) in [6, 6.07) is 7.67. The van der Waals surface area contributed by atoms with Crippen molar-refractivity contribution in [2.75, 3.05) is 11.1 Å². The minimum atomic E-state index is -0.686. The van der Waals surface area contributed by atoms with Crippen molar-refractivity contribution in [3.63, 3.8) is 0 Å². The number of primary amides is 1. The van der Waals surface area contributed by atoms with Gasteiger partial charge < -0.3 is 20.5 Å². The molecule has 0 saturated heterocycles. The molecule has 0 bridgehead atoms. The number of aromatic nitrogens is 3. The maximum atomic E-state index is 12.8. The fourth-order valence-corrected chi connectivity index (χ4v) is 5.11.